The SMILES string of the molecule is CC(C)(C)c1ccc(S(=O)(=O)Oc2ccc(N)c([N+](=O)[O-])c2)cc1. The molecule has 0 aliphatic rings. The van der Waals surface area contributed by atoms with Crippen LogP contribution in [0.3, 0.4) is 0 Å². The van der Waals surface area contributed by atoms with Gasteiger partial charge < -0.3 is 9.92 Å². The van der Waals surface area contributed by atoms with Crippen molar-refractivity contribution in [2.24, 2.45) is 0 Å². The van der Waals surface area contributed by atoms with E-state index in [9.17, 15) is 18.5 Å². The molecule has 2 aromatic carbocycles. The number of nitro benzene ring substituents is 1. The molecule has 2 rings (SSSR count). The van der Waals surface area contributed by atoms with Gasteiger partial charge in [0.05, 0.1) is 11.0 Å². The third-order valence-electron chi connectivity index (χ3n) is 3.41. The highest BCUT2D eigenvalue weighted by atomic mass is 32.2. The maximum atomic E-state index is 12.3. The maximum Gasteiger partial charge on any atom is 0.339 e. The zero-order valence-corrected chi connectivity index (χ0v) is 14.3. The number of nitrogens with two attached hydrogens (primary N) is 1. The van der Waals surface area contributed by atoms with Crippen molar-refractivity contribution < 1.29 is 17.5 Å². The summed E-state index contributed by atoms with van der Waals surface area (Å²) in [7, 11) is -4.09. The molecule has 0 heterocycles. The van der Waals surface area contributed by atoms with Gasteiger partial charge in [0.1, 0.15) is 16.3 Å². The van der Waals surface area contributed by atoms with Crippen LogP contribution in [0.4, 0.5) is 11.4 Å². The summed E-state index contributed by atoms with van der Waals surface area (Å²) in [5, 5.41) is 10.9. The van der Waals surface area contributed by atoms with Crippen LogP contribution in [-0.2, 0) is 15.5 Å². The number of nitrogens with zero attached hydrogens (tertiary/aromatic N) is 1. The lowest BCUT2D eigenvalue weighted by Crippen LogP contribution is -2.13. The van der Waals surface area contributed by atoms with E-state index in [1.807, 2.05) is 20.8 Å². The van der Waals surface area contributed by atoms with Gasteiger partial charge in [0.25, 0.3) is 5.69 Å². The minimum atomic E-state index is -4.09. The van der Waals surface area contributed by atoms with Crippen LogP contribution >= 0.6 is 0 Å². The first-order valence-electron chi connectivity index (χ1n) is 7.10. The number of nitrogen functional groups attached to an aromatic ring is 1. The lowest BCUT2D eigenvalue weighted by molar-refractivity contribution is -0.383. The Kier molecular flexibility index (Phi) is 4.52. The van der Waals surface area contributed by atoms with Gasteiger partial charge in [-0.3, -0.25) is 10.1 Å². The number of rotatable bonds is 4. The van der Waals surface area contributed by atoms with E-state index in [4.69, 9.17) is 9.92 Å². The molecule has 0 saturated heterocycles. The van der Waals surface area contributed by atoms with Crippen molar-refractivity contribution >= 4 is 21.5 Å². The van der Waals surface area contributed by atoms with Crippen molar-refractivity contribution in [3.05, 3.63) is 58.1 Å². The first kappa shape index (κ1) is 17.7. The van der Waals surface area contributed by atoms with Gasteiger partial charge in [-0.1, -0.05) is 32.9 Å². The van der Waals surface area contributed by atoms with Crippen LogP contribution in [0.15, 0.2) is 47.4 Å². The zero-order valence-electron chi connectivity index (χ0n) is 13.5. The average Bonchev–Trinajstić information content (AvgIpc) is 2.48. The van der Waals surface area contributed by atoms with Crippen LogP contribution < -0.4 is 9.92 Å². The van der Waals surface area contributed by atoms with Crippen molar-refractivity contribution in [1.29, 1.82) is 0 Å². The largest absolute Gasteiger partial charge is 0.393 e. The predicted octanol–water partition coefficient (Wildman–Crippen LogP) is 3.24. The molecule has 0 atom stereocenters. The van der Waals surface area contributed by atoms with Gasteiger partial charge in [-0.25, -0.2) is 0 Å². The number of benzene rings is 2. The molecule has 0 amide bonds. The molecule has 0 aliphatic carbocycles. The van der Waals surface area contributed by atoms with Crippen molar-refractivity contribution in [3.63, 3.8) is 0 Å². The quantitative estimate of drug-likeness (QED) is 0.392. The molecular weight excluding hydrogens is 332 g/mol. The molecule has 2 N–H and O–H groups in total. The van der Waals surface area contributed by atoms with Crippen molar-refractivity contribution in [2.75, 3.05) is 5.73 Å². The first-order valence-corrected chi connectivity index (χ1v) is 8.50. The molecule has 0 spiro atoms. The van der Waals surface area contributed by atoms with E-state index in [-0.39, 0.29) is 21.7 Å². The monoisotopic (exact) mass is 350 g/mol. The molecule has 0 radical (unpaired) electrons. The molecule has 0 bridgehead atoms. The highest BCUT2D eigenvalue weighted by Crippen LogP contribution is 2.29. The maximum absolute atomic E-state index is 12.3. The lowest BCUT2D eigenvalue weighted by Gasteiger charge is -2.19. The molecule has 0 aliphatic heterocycles. The van der Waals surface area contributed by atoms with Crippen LogP contribution in [0.1, 0.15) is 26.3 Å². The van der Waals surface area contributed by atoms with E-state index in [2.05, 4.69) is 0 Å². The van der Waals surface area contributed by atoms with E-state index in [1.54, 1.807) is 12.1 Å². The third kappa shape index (κ3) is 3.83. The normalized spacial score (nSPS) is 12.0. The number of anilines is 1. The molecule has 2 aromatic rings. The second-order valence-corrected chi connectivity index (χ2v) is 7.84. The minimum absolute atomic E-state index is 0.0324. The van der Waals surface area contributed by atoms with Crippen LogP contribution in [0, 0.1) is 10.1 Å². The fourth-order valence-corrected chi connectivity index (χ4v) is 2.95. The van der Waals surface area contributed by atoms with Gasteiger partial charge in [-0.2, -0.15) is 8.42 Å². The summed E-state index contributed by atoms with van der Waals surface area (Å²) >= 11 is 0. The number of hydrogen-bond acceptors (Lipinski definition) is 6. The van der Waals surface area contributed by atoms with Gasteiger partial charge in [-0.05, 0) is 35.2 Å². The first-order chi connectivity index (χ1) is 11.0. The Bertz CT molecular complexity index is 868. The van der Waals surface area contributed by atoms with E-state index >= 15 is 0 Å². The molecule has 0 saturated carbocycles. The fourth-order valence-electron chi connectivity index (χ4n) is 2.03. The lowest BCUT2D eigenvalue weighted by atomic mass is 9.87. The highest BCUT2D eigenvalue weighted by Gasteiger charge is 2.21. The zero-order chi connectivity index (χ0) is 18.1. The molecule has 128 valence electrons. The van der Waals surface area contributed by atoms with Crippen molar-refractivity contribution in [3.8, 4) is 5.75 Å². The van der Waals surface area contributed by atoms with Crippen LogP contribution in [0.25, 0.3) is 0 Å². The Morgan fingerprint density at radius 3 is 2.17 bits per heavy atom. The molecule has 24 heavy (non-hydrogen) atoms. The topological polar surface area (TPSA) is 113 Å². The highest BCUT2D eigenvalue weighted by molar-refractivity contribution is 7.87. The molecule has 0 aromatic heterocycles. The predicted molar refractivity (Wildman–Crippen MR) is 90.5 cm³/mol. The minimum Gasteiger partial charge on any atom is -0.393 e. The average molecular weight is 350 g/mol. The number of nitro groups is 1. The summed E-state index contributed by atoms with van der Waals surface area (Å²) < 4.78 is 29.6. The van der Waals surface area contributed by atoms with Crippen molar-refractivity contribution in [2.45, 2.75) is 31.1 Å². The van der Waals surface area contributed by atoms with E-state index < -0.39 is 20.7 Å². The Balaban J connectivity index is 2.32. The van der Waals surface area contributed by atoms with Crippen LogP contribution in [-0.4, -0.2) is 13.3 Å². The third-order valence-corrected chi connectivity index (χ3v) is 4.67. The summed E-state index contributed by atoms with van der Waals surface area (Å²) in [5.41, 5.74) is 5.86. The van der Waals surface area contributed by atoms with E-state index in [1.165, 1.54) is 24.3 Å². The molecule has 8 heteroatoms. The smallest absolute Gasteiger partial charge is 0.339 e. The Labute approximate surface area is 140 Å². The Morgan fingerprint density at radius 1 is 1.08 bits per heavy atom. The summed E-state index contributed by atoms with van der Waals surface area (Å²) in [4.78, 5) is 10.1. The van der Waals surface area contributed by atoms with Gasteiger partial charge in [0, 0.05) is 0 Å². The van der Waals surface area contributed by atoms with E-state index in [0.717, 1.165) is 11.6 Å². The van der Waals surface area contributed by atoms with E-state index in [0.29, 0.717) is 0 Å². The fraction of sp³-hybridized carbons (Fsp3) is 0.250. The van der Waals surface area contributed by atoms with Gasteiger partial charge in [0.2, 0.25) is 0 Å². The summed E-state index contributed by atoms with van der Waals surface area (Å²) in [6.07, 6.45) is 0. The second-order valence-electron chi connectivity index (χ2n) is 6.29. The molecule has 0 fully saturated rings. The standard InChI is InChI=1S/C16H18N2O5S/c1-16(2,3)11-4-7-13(8-5-11)24(21,22)23-12-6-9-14(17)15(10-12)18(19)20/h4-10H,17H2,1-3H3. The summed E-state index contributed by atoms with van der Waals surface area (Å²) in [5.74, 6) is -0.171. The second kappa shape index (κ2) is 6.12. The number of hydrogen-bond donors (Lipinski definition) is 1. The van der Waals surface area contributed by atoms with Crippen LogP contribution in [0.5, 0.6) is 5.75 Å². The summed E-state index contributed by atoms with van der Waals surface area (Å²) in [6, 6.07) is 9.79. The van der Waals surface area contributed by atoms with Gasteiger partial charge in [0.15, 0.2) is 0 Å². The Hall–Kier alpha value is -2.61. The van der Waals surface area contributed by atoms with Crippen molar-refractivity contribution in [1.82, 2.24) is 0 Å². The molecular formula is C16H18N2O5S. The Morgan fingerprint density at radius 2 is 1.67 bits per heavy atom. The van der Waals surface area contributed by atoms with Gasteiger partial charge in [-0.15, -0.1) is 0 Å². The molecule has 0 unspecified atom stereocenters. The van der Waals surface area contributed by atoms with Gasteiger partial charge >= 0.3 is 10.1 Å². The van der Waals surface area contributed by atoms with Crippen LogP contribution in [0.2, 0.25) is 0 Å². The summed E-state index contributed by atoms with van der Waals surface area (Å²) in [6.45, 7) is 6.04. The molecule has 7 nitrogen and oxygen atoms in total.